The molecule has 0 amide bonds. The molecule has 1 aliphatic carbocycles. The minimum absolute atomic E-state index is 0.145. The minimum atomic E-state index is -2.56. The van der Waals surface area contributed by atoms with E-state index < -0.39 is 11.7 Å². The van der Waals surface area contributed by atoms with Crippen molar-refractivity contribution < 1.29 is 13.2 Å². The van der Waals surface area contributed by atoms with Crippen molar-refractivity contribution in [1.29, 1.82) is 0 Å². The molecule has 1 aromatic rings. The van der Waals surface area contributed by atoms with Crippen LogP contribution in [0.1, 0.15) is 37.5 Å². The Balaban J connectivity index is 2.06. The highest BCUT2D eigenvalue weighted by Crippen LogP contribution is 2.39. The zero-order chi connectivity index (χ0) is 10.2. The first-order valence-electron chi connectivity index (χ1n) is 4.50. The Kier molecular flexibility index (Phi) is 2.13. The maximum atomic E-state index is 12.8. The van der Waals surface area contributed by atoms with E-state index in [1.807, 2.05) is 0 Å². The monoisotopic (exact) mass is 204 g/mol. The minimum Gasteiger partial charge on any atom is -0.392 e. The van der Waals surface area contributed by atoms with Crippen LogP contribution in [0.25, 0.3) is 0 Å². The number of hydrogen-bond acceptors (Lipinski definition) is 3. The molecule has 1 saturated carbocycles. The smallest absolute Gasteiger partial charge is 0.392 e. The van der Waals surface area contributed by atoms with E-state index in [1.165, 1.54) is 0 Å². The van der Waals surface area contributed by atoms with Gasteiger partial charge < -0.3 is 4.42 Å². The van der Waals surface area contributed by atoms with Crippen molar-refractivity contribution in [2.75, 3.05) is 0 Å². The Morgan fingerprint density at radius 2 is 2.07 bits per heavy atom. The van der Waals surface area contributed by atoms with E-state index >= 15 is 0 Å². The Bertz CT molecular complexity index is 361. The number of nitrogens with zero attached hydrogens (tertiary/aromatic N) is 1. The van der Waals surface area contributed by atoms with E-state index in [2.05, 4.69) is 10.2 Å². The number of nitrogens with one attached hydrogen (secondary N) is 1. The Labute approximate surface area is 78.3 Å². The third kappa shape index (κ3) is 1.83. The molecule has 0 spiro atoms. The van der Waals surface area contributed by atoms with Crippen molar-refractivity contribution >= 4 is 0 Å². The van der Waals surface area contributed by atoms with Crippen LogP contribution in [-0.2, 0) is 0 Å². The van der Waals surface area contributed by atoms with Gasteiger partial charge in [0.2, 0.25) is 11.8 Å². The van der Waals surface area contributed by atoms with Gasteiger partial charge in [-0.15, -0.1) is 5.10 Å². The molecular weight excluding hydrogens is 194 g/mol. The summed E-state index contributed by atoms with van der Waals surface area (Å²) < 4.78 is 30.3. The van der Waals surface area contributed by atoms with Crippen molar-refractivity contribution in [1.82, 2.24) is 10.2 Å². The lowest BCUT2D eigenvalue weighted by Gasteiger charge is -2.25. The molecule has 0 atom stereocenters. The molecular formula is C8H10F2N2O2. The third-order valence-electron chi connectivity index (χ3n) is 2.52. The van der Waals surface area contributed by atoms with Crippen molar-refractivity contribution in [3.8, 4) is 0 Å². The number of alkyl halides is 2. The number of aromatic amines is 1. The summed E-state index contributed by atoms with van der Waals surface area (Å²) in [5, 5.41) is 5.77. The fraction of sp³-hybridized carbons (Fsp3) is 0.750. The number of hydrogen-bond donors (Lipinski definition) is 1. The summed E-state index contributed by atoms with van der Waals surface area (Å²) in [6.45, 7) is 0. The largest absolute Gasteiger partial charge is 0.434 e. The van der Waals surface area contributed by atoms with Gasteiger partial charge in [0.25, 0.3) is 0 Å². The van der Waals surface area contributed by atoms with Crippen LogP contribution in [0.3, 0.4) is 0 Å². The summed E-state index contributed by atoms with van der Waals surface area (Å²) in [5.41, 5.74) is 0. The topological polar surface area (TPSA) is 58.9 Å². The zero-order valence-electron chi connectivity index (χ0n) is 7.43. The van der Waals surface area contributed by atoms with E-state index in [1.54, 1.807) is 0 Å². The molecule has 0 saturated heterocycles. The van der Waals surface area contributed by atoms with Crippen LogP contribution < -0.4 is 5.76 Å². The molecule has 14 heavy (non-hydrogen) atoms. The molecule has 2 rings (SSSR count). The van der Waals surface area contributed by atoms with Crippen molar-refractivity contribution in [3.63, 3.8) is 0 Å². The molecule has 1 fully saturated rings. The number of aromatic nitrogens is 2. The normalized spacial score (nSPS) is 22.4. The van der Waals surface area contributed by atoms with Gasteiger partial charge in [-0.05, 0) is 12.8 Å². The zero-order valence-corrected chi connectivity index (χ0v) is 7.43. The van der Waals surface area contributed by atoms with E-state index in [4.69, 9.17) is 4.42 Å². The fourth-order valence-electron chi connectivity index (χ4n) is 1.70. The molecule has 0 aromatic carbocycles. The van der Waals surface area contributed by atoms with Crippen molar-refractivity contribution in [3.05, 3.63) is 16.4 Å². The summed E-state index contributed by atoms with van der Waals surface area (Å²) >= 11 is 0. The average Bonchev–Trinajstić information content (AvgIpc) is 2.52. The van der Waals surface area contributed by atoms with Crippen LogP contribution in [-0.4, -0.2) is 16.1 Å². The second kappa shape index (κ2) is 3.18. The Hall–Kier alpha value is -1.20. The van der Waals surface area contributed by atoms with E-state index in [0.717, 1.165) is 0 Å². The SMILES string of the molecule is O=c1[nH]nc(C2CCC(F)(F)CC2)o1. The van der Waals surface area contributed by atoms with Crippen LogP contribution in [0.4, 0.5) is 8.78 Å². The summed E-state index contributed by atoms with van der Waals surface area (Å²) in [6.07, 6.45) is 0.323. The van der Waals surface area contributed by atoms with Gasteiger partial charge >= 0.3 is 5.76 Å². The number of H-pyrrole nitrogens is 1. The van der Waals surface area contributed by atoms with Gasteiger partial charge in [0.15, 0.2) is 0 Å². The molecule has 1 aromatic heterocycles. The van der Waals surface area contributed by atoms with Gasteiger partial charge in [-0.25, -0.2) is 18.7 Å². The molecule has 1 N–H and O–H groups in total. The van der Waals surface area contributed by atoms with E-state index in [-0.39, 0.29) is 24.7 Å². The van der Waals surface area contributed by atoms with Crippen LogP contribution in [0.5, 0.6) is 0 Å². The average molecular weight is 204 g/mol. The quantitative estimate of drug-likeness (QED) is 0.756. The van der Waals surface area contributed by atoms with E-state index in [9.17, 15) is 13.6 Å². The number of rotatable bonds is 1. The lowest BCUT2D eigenvalue weighted by atomic mass is 9.87. The van der Waals surface area contributed by atoms with Gasteiger partial charge in [0.1, 0.15) is 0 Å². The second-order valence-corrected chi connectivity index (χ2v) is 3.58. The highest BCUT2D eigenvalue weighted by molar-refractivity contribution is 4.93. The lowest BCUT2D eigenvalue weighted by Crippen LogP contribution is -2.23. The van der Waals surface area contributed by atoms with E-state index in [0.29, 0.717) is 12.8 Å². The van der Waals surface area contributed by atoms with Gasteiger partial charge in [-0.1, -0.05) is 0 Å². The molecule has 1 heterocycles. The highest BCUT2D eigenvalue weighted by atomic mass is 19.3. The molecule has 0 radical (unpaired) electrons. The third-order valence-corrected chi connectivity index (χ3v) is 2.52. The molecule has 1 aliphatic rings. The summed E-state index contributed by atoms with van der Waals surface area (Å²) in [4.78, 5) is 10.6. The molecule has 0 bridgehead atoms. The first kappa shape index (κ1) is 9.36. The van der Waals surface area contributed by atoms with Crippen molar-refractivity contribution in [2.45, 2.75) is 37.5 Å². The summed E-state index contributed by atoms with van der Waals surface area (Å²) in [5.74, 6) is -3.08. The predicted molar refractivity (Wildman–Crippen MR) is 43.3 cm³/mol. The summed E-state index contributed by atoms with van der Waals surface area (Å²) in [6, 6.07) is 0. The molecule has 4 nitrogen and oxygen atoms in total. The van der Waals surface area contributed by atoms with Crippen molar-refractivity contribution in [2.24, 2.45) is 0 Å². The van der Waals surface area contributed by atoms with Crippen LogP contribution in [0.2, 0.25) is 0 Å². The first-order chi connectivity index (χ1) is 6.57. The van der Waals surface area contributed by atoms with Gasteiger partial charge in [0.05, 0.1) is 0 Å². The molecule has 0 aliphatic heterocycles. The van der Waals surface area contributed by atoms with Crippen LogP contribution >= 0.6 is 0 Å². The lowest BCUT2D eigenvalue weighted by molar-refractivity contribution is -0.0399. The fourth-order valence-corrected chi connectivity index (χ4v) is 1.70. The molecule has 78 valence electrons. The Morgan fingerprint density at radius 1 is 1.43 bits per heavy atom. The number of halogens is 2. The predicted octanol–water partition coefficient (Wildman–Crippen LogP) is 1.66. The second-order valence-electron chi connectivity index (χ2n) is 3.58. The van der Waals surface area contributed by atoms with Gasteiger partial charge in [-0.3, -0.25) is 0 Å². The van der Waals surface area contributed by atoms with Crippen LogP contribution in [0, 0.1) is 0 Å². The molecule has 0 unspecified atom stereocenters. The standard InChI is InChI=1S/C8H10F2N2O2/c9-8(10)3-1-5(2-4-8)6-11-12-7(13)14-6/h5H,1-4H2,(H,12,13). The molecule has 6 heteroatoms. The van der Waals surface area contributed by atoms with Gasteiger partial charge in [0, 0.05) is 18.8 Å². The van der Waals surface area contributed by atoms with Crippen LogP contribution in [0.15, 0.2) is 9.21 Å². The Morgan fingerprint density at radius 3 is 2.57 bits per heavy atom. The van der Waals surface area contributed by atoms with Gasteiger partial charge in [-0.2, -0.15) is 0 Å². The maximum Gasteiger partial charge on any atom is 0.434 e. The maximum absolute atomic E-state index is 12.8. The summed E-state index contributed by atoms with van der Waals surface area (Å²) in [7, 11) is 0. The highest BCUT2D eigenvalue weighted by Gasteiger charge is 2.36. The first-order valence-corrected chi connectivity index (χ1v) is 4.50.